The van der Waals surface area contributed by atoms with Crippen molar-refractivity contribution >= 4 is 28.5 Å². The summed E-state index contributed by atoms with van der Waals surface area (Å²) in [7, 11) is 1.68. The lowest BCUT2D eigenvalue weighted by Crippen LogP contribution is -2.37. The smallest absolute Gasteiger partial charge is 0.252 e. The van der Waals surface area contributed by atoms with Crippen LogP contribution >= 0.6 is 0 Å². The van der Waals surface area contributed by atoms with Gasteiger partial charge in [-0.05, 0) is 43.2 Å². The first-order valence-electron chi connectivity index (χ1n) is 10.7. The summed E-state index contributed by atoms with van der Waals surface area (Å²) in [6.45, 7) is 5.46. The number of rotatable bonds is 8. The Hall–Kier alpha value is -3.91. The summed E-state index contributed by atoms with van der Waals surface area (Å²) in [6.07, 6.45) is 1.55. The quantitative estimate of drug-likeness (QED) is 0.385. The summed E-state index contributed by atoms with van der Waals surface area (Å²) in [5.41, 5.74) is 4.48. The molecule has 0 spiro atoms. The second kappa shape index (κ2) is 9.70. The Morgan fingerprint density at radius 1 is 1.12 bits per heavy atom. The summed E-state index contributed by atoms with van der Waals surface area (Å²) >= 11 is 0. The third-order valence-corrected chi connectivity index (χ3v) is 5.85. The van der Waals surface area contributed by atoms with E-state index >= 15 is 0 Å². The van der Waals surface area contributed by atoms with Crippen LogP contribution in [0.2, 0.25) is 0 Å². The highest BCUT2D eigenvalue weighted by Crippen LogP contribution is 2.27. The number of ether oxygens (including phenoxy) is 1. The number of benzene rings is 2. The first-order chi connectivity index (χ1) is 16.0. The Morgan fingerprint density at radius 2 is 1.91 bits per heavy atom. The molecule has 0 aliphatic heterocycles. The van der Waals surface area contributed by atoms with Crippen LogP contribution in [0.3, 0.4) is 0 Å². The van der Waals surface area contributed by atoms with Crippen molar-refractivity contribution in [2.75, 3.05) is 19.0 Å². The molecule has 2 amide bonds. The van der Waals surface area contributed by atoms with Gasteiger partial charge in [-0.25, -0.2) is 0 Å². The van der Waals surface area contributed by atoms with E-state index < -0.39 is 6.04 Å². The van der Waals surface area contributed by atoms with E-state index in [1.54, 1.807) is 25.4 Å². The van der Waals surface area contributed by atoms with Crippen molar-refractivity contribution in [2.24, 2.45) is 0 Å². The predicted molar refractivity (Wildman–Crippen MR) is 127 cm³/mol. The summed E-state index contributed by atoms with van der Waals surface area (Å²) < 4.78 is 7.43. The van der Waals surface area contributed by atoms with E-state index in [4.69, 9.17) is 4.74 Å². The van der Waals surface area contributed by atoms with E-state index in [9.17, 15) is 9.59 Å². The van der Waals surface area contributed by atoms with Crippen molar-refractivity contribution in [2.45, 2.75) is 26.4 Å². The van der Waals surface area contributed by atoms with E-state index in [0.29, 0.717) is 23.6 Å². The number of amides is 2. The molecule has 2 heterocycles. The molecule has 0 fully saturated rings. The molecule has 2 aromatic heterocycles. The van der Waals surface area contributed by atoms with Crippen molar-refractivity contribution in [3.05, 3.63) is 83.2 Å². The third-order valence-electron chi connectivity index (χ3n) is 5.85. The zero-order chi connectivity index (χ0) is 23.4. The Balaban J connectivity index is 1.62. The van der Waals surface area contributed by atoms with Gasteiger partial charge in [0.15, 0.2) is 0 Å². The Bertz CT molecular complexity index is 1260. The number of hydrogen-bond acceptors (Lipinski definition) is 4. The van der Waals surface area contributed by atoms with Gasteiger partial charge >= 0.3 is 0 Å². The van der Waals surface area contributed by atoms with Gasteiger partial charge in [-0.3, -0.25) is 14.7 Å². The summed E-state index contributed by atoms with van der Waals surface area (Å²) in [6, 6.07) is 15.5. The number of nitrogens with zero attached hydrogens (tertiary/aromatic N) is 2. The molecule has 2 aromatic carbocycles. The van der Waals surface area contributed by atoms with E-state index in [1.165, 1.54) is 0 Å². The number of carbonyl (C=O) groups excluding carboxylic acids is 2. The van der Waals surface area contributed by atoms with Crippen LogP contribution in [0.25, 0.3) is 10.9 Å². The van der Waals surface area contributed by atoms with Gasteiger partial charge in [0.2, 0.25) is 0 Å². The molecule has 0 aliphatic carbocycles. The third kappa shape index (κ3) is 4.65. The molecule has 4 aromatic rings. The molecule has 0 aliphatic rings. The number of fused-ring (bicyclic) bond motifs is 1. The molecule has 0 radical (unpaired) electrons. The fourth-order valence-corrected chi connectivity index (χ4v) is 3.95. The minimum atomic E-state index is -0.869. The molecular formula is C25H27N5O3. The first-order valence-corrected chi connectivity index (χ1v) is 10.7. The number of methoxy groups -OCH3 is 1. The Labute approximate surface area is 191 Å². The number of aromatic nitrogens is 3. The maximum Gasteiger partial charge on any atom is 0.252 e. The van der Waals surface area contributed by atoms with Crippen LogP contribution in [0.15, 0.2) is 60.8 Å². The lowest BCUT2D eigenvalue weighted by molar-refractivity contribution is -0.118. The average Bonchev–Trinajstić information content (AvgIpc) is 3.43. The molecule has 1 atom stereocenters. The summed E-state index contributed by atoms with van der Waals surface area (Å²) in [5, 5.41) is 13.2. The van der Waals surface area contributed by atoms with Crippen LogP contribution in [0.1, 0.15) is 33.2 Å². The average molecular weight is 446 g/mol. The predicted octanol–water partition coefficient (Wildman–Crippen LogP) is 3.74. The standard InChI is InChI=1S/C25H27N5O3/c1-16-17(2)30(13-14-33-3)21-10-9-19(15-20(16)21)24(31)28-23(18-7-5-4-6-8-18)25(32)27-22-11-12-26-29-22/h4-12,15,23H,13-14H2,1-3H3,(H,28,31)(H2,26,27,29,32). The maximum absolute atomic E-state index is 13.2. The Morgan fingerprint density at radius 3 is 2.61 bits per heavy atom. The largest absolute Gasteiger partial charge is 0.383 e. The van der Waals surface area contributed by atoms with E-state index in [1.807, 2.05) is 49.4 Å². The fraction of sp³-hybridized carbons (Fsp3) is 0.240. The number of H-pyrrole nitrogens is 1. The second-order valence-corrected chi connectivity index (χ2v) is 7.86. The highest BCUT2D eigenvalue weighted by Gasteiger charge is 2.24. The van der Waals surface area contributed by atoms with Crippen molar-refractivity contribution in [3.63, 3.8) is 0 Å². The first kappa shape index (κ1) is 22.3. The molecule has 0 saturated carbocycles. The van der Waals surface area contributed by atoms with Crippen molar-refractivity contribution < 1.29 is 14.3 Å². The van der Waals surface area contributed by atoms with Crippen LogP contribution in [0.5, 0.6) is 0 Å². The molecule has 4 rings (SSSR count). The van der Waals surface area contributed by atoms with Gasteiger partial charge in [-0.1, -0.05) is 30.3 Å². The number of anilines is 1. The van der Waals surface area contributed by atoms with Gasteiger partial charge in [-0.2, -0.15) is 5.10 Å². The summed E-state index contributed by atoms with van der Waals surface area (Å²) in [4.78, 5) is 26.2. The van der Waals surface area contributed by atoms with Gasteiger partial charge in [0.25, 0.3) is 11.8 Å². The Kier molecular flexibility index (Phi) is 6.55. The van der Waals surface area contributed by atoms with E-state index in [0.717, 1.165) is 28.7 Å². The van der Waals surface area contributed by atoms with Crippen LogP contribution in [0, 0.1) is 13.8 Å². The number of aryl methyl sites for hydroxylation is 1. The van der Waals surface area contributed by atoms with Gasteiger partial charge in [0.1, 0.15) is 11.9 Å². The molecule has 170 valence electrons. The summed E-state index contributed by atoms with van der Waals surface area (Å²) in [5.74, 6) is -0.232. The van der Waals surface area contributed by atoms with Gasteiger partial charge in [0.05, 0.1) is 12.8 Å². The molecule has 33 heavy (non-hydrogen) atoms. The van der Waals surface area contributed by atoms with Gasteiger partial charge in [0, 0.05) is 41.9 Å². The van der Waals surface area contributed by atoms with Crippen molar-refractivity contribution in [1.29, 1.82) is 0 Å². The molecule has 0 bridgehead atoms. The molecule has 3 N–H and O–H groups in total. The lowest BCUT2D eigenvalue weighted by Gasteiger charge is -2.18. The molecule has 8 heteroatoms. The van der Waals surface area contributed by atoms with Crippen LogP contribution in [-0.2, 0) is 16.1 Å². The maximum atomic E-state index is 13.2. The number of carbonyl (C=O) groups is 2. The van der Waals surface area contributed by atoms with E-state index in [2.05, 4.69) is 32.3 Å². The SMILES string of the molecule is COCCn1c(C)c(C)c2cc(C(=O)NC(C(=O)Nc3ccn[nH]3)c3ccccc3)ccc21. The minimum absolute atomic E-state index is 0.327. The molecular weight excluding hydrogens is 418 g/mol. The van der Waals surface area contributed by atoms with Gasteiger partial charge < -0.3 is 19.9 Å². The van der Waals surface area contributed by atoms with Crippen molar-refractivity contribution in [1.82, 2.24) is 20.1 Å². The molecule has 0 saturated heterocycles. The number of aromatic amines is 1. The van der Waals surface area contributed by atoms with Gasteiger partial charge in [-0.15, -0.1) is 0 Å². The lowest BCUT2D eigenvalue weighted by atomic mass is 10.0. The highest BCUT2D eigenvalue weighted by molar-refractivity contribution is 6.03. The number of nitrogens with one attached hydrogen (secondary N) is 3. The van der Waals surface area contributed by atoms with E-state index in [-0.39, 0.29) is 11.8 Å². The minimum Gasteiger partial charge on any atom is -0.383 e. The van der Waals surface area contributed by atoms with Crippen molar-refractivity contribution in [3.8, 4) is 0 Å². The zero-order valence-corrected chi connectivity index (χ0v) is 18.9. The second-order valence-electron chi connectivity index (χ2n) is 7.86. The van der Waals surface area contributed by atoms with Crippen LogP contribution in [0.4, 0.5) is 5.82 Å². The van der Waals surface area contributed by atoms with Crippen LogP contribution in [-0.4, -0.2) is 40.3 Å². The normalized spacial score (nSPS) is 12.0. The topological polar surface area (TPSA) is 101 Å². The van der Waals surface area contributed by atoms with Crippen LogP contribution < -0.4 is 10.6 Å². The zero-order valence-electron chi connectivity index (χ0n) is 18.9. The monoisotopic (exact) mass is 445 g/mol. The molecule has 8 nitrogen and oxygen atoms in total. The number of hydrogen-bond donors (Lipinski definition) is 3. The molecule has 1 unspecified atom stereocenters. The highest BCUT2D eigenvalue weighted by atomic mass is 16.5. The fourth-order valence-electron chi connectivity index (χ4n) is 3.95.